The quantitative estimate of drug-likeness (QED) is 0.757. The molecule has 1 saturated heterocycles. The molecule has 1 fully saturated rings. The summed E-state index contributed by atoms with van der Waals surface area (Å²) < 4.78 is 0. The van der Waals surface area contributed by atoms with Gasteiger partial charge < -0.3 is 15.3 Å². The Bertz CT molecular complexity index is 370. The number of carbonyl (C=O) groups excluding carboxylic acids is 2. The van der Waals surface area contributed by atoms with Gasteiger partial charge in [-0.1, -0.05) is 13.3 Å². The van der Waals surface area contributed by atoms with Crippen molar-refractivity contribution in [2.75, 3.05) is 19.6 Å². The summed E-state index contributed by atoms with van der Waals surface area (Å²) in [6.45, 7) is 4.73. The van der Waals surface area contributed by atoms with E-state index >= 15 is 0 Å². The first-order valence-corrected chi connectivity index (χ1v) is 7.21. The van der Waals surface area contributed by atoms with Crippen LogP contribution in [0.5, 0.6) is 0 Å². The van der Waals surface area contributed by atoms with E-state index in [4.69, 9.17) is 5.11 Å². The zero-order valence-electron chi connectivity index (χ0n) is 12.2. The van der Waals surface area contributed by atoms with Crippen LogP contribution in [0, 0.1) is 11.8 Å². The summed E-state index contributed by atoms with van der Waals surface area (Å²) in [6, 6.07) is 0. The van der Waals surface area contributed by atoms with Gasteiger partial charge in [0.1, 0.15) is 0 Å². The number of carbonyl (C=O) groups is 3. The highest BCUT2D eigenvalue weighted by molar-refractivity contribution is 5.81. The van der Waals surface area contributed by atoms with Crippen molar-refractivity contribution in [1.29, 1.82) is 0 Å². The minimum atomic E-state index is -0.874. The van der Waals surface area contributed by atoms with E-state index in [9.17, 15) is 14.4 Å². The summed E-state index contributed by atoms with van der Waals surface area (Å²) in [6.07, 6.45) is 2.89. The van der Waals surface area contributed by atoms with Gasteiger partial charge in [-0.15, -0.1) is 0 Å². The molecule has 0 radical (unpaired) electrons. The Morgan fingerprint density at radius 2 is 2.10 bits per heavy atom. The number of carboxylic acid groups (broad SMARTS) is 1. The molecule has 0 aromatic rings. The number of amides is 2. The zero-order chi connectivity index (χ0) is 15.1. The second kappa shape index (κ2) is 7.87. The summed E-state index contributed by atoms with van der Waals surface area (Å²) in [4.78, 5) is 36.1. The van der Waals surface area contributed by atoms with Gasteiger partial charge in [0.2, 0.25) is 11.8 Å². The summed E-state index contributed by atoms with van der Waals surface area (Å²) in [5.41, 5.74) is 0. The molecule has 6 heteroatoms. The second-order valence-corrected chi connectivity index (χ2v) is 5.37. The first kappa shape index (κ1) is 16.5. The smallest absolute Gasteiger partial charge is 0.308 e. The number of nitrogens with one attached hydrogen (secondary N) is 1. The van der Waals surface area contributed by atoms with Crippen molar-refractivity contribution in [2.45, 2.75) is 39.5 Å². The van der Waals surface area contributed by atoms with Gasteiger partial charge in [-0.2, -0.15) is 0 Å². The fraction of sp³-hybridized carbons (Fsp3) is 0.786. The number of rotatable bonds is 6. The van der Waals surface area contributed by atoms with Gasteiger partial charge in [-0.25, -0.2) is 0 Å². The first-order chi connectivity index (χ1) is 9.45. The van der Waals surface area contributed by atoms with E-state index < -0.39 is 11.9 Å². The first-order valence-electron chi connectivity index (χ1n) is 7.21. The van der Waals surface area contributed by atoms with Crippen LogP contribution in [0.1, 0.15) is 39.5 Å². The molecule has 20 heavy (non-hydrogen) atoms. The van der Waals surface area contributed by atoms with Crippen LogP contribution < -0.4 is 5.32 Å². The van der Waals surface area contributed by atoms with E-state index in [-0.39, 0.29) is 24.3 Å². The van der Waals surface area contributed by atoms with Gasteiger partial charge in [-0.3, -0.25) is 14.4 Å². The number of hydrogen-bond donors (Lipinski definition) is 2. The molecule has 2 N–H and O–H groups in total. The van der Waals surface area contributed by atoms with Gasteiger partial charge >= 0.3 is 5.97 Å². The van der Waals surface area contributed by atoms with Crippen molar-refractivity contribution >= 4 is 17.8 Å². The maximum Gasteiger partial charge on any atom is 0.308 e. The number of likely N-dealkylation sites (tertiary alicyclic amines) is 1. The molecule has 2 atom stereocenters. The average Bonchev–Trinajstić information content (AvgIpc) is 2.42. The third kappa shape index (κ3) is 4.83. The van der Waals surface area contributed by atoms with Gasteiger partial charge in [0.15, 0.2) is 0 Å². The number of aliphatic carboxylic acids is 1. The van der Waals surface area contributed by atoms with E-state index in [1.807, 2.05) is 6.92 Å². The highest BCUT2D eigenvalue weighted by atomic mass is 16.4. The number of carboxylic acids is 1. The molecule has 114 valence electrons. The van der Waals surface area contributed by atoms with Crippen molar-refractivity contribution in [3.8, 4) is 0 Å². The highest BCUT2D eigenvalue weighted by Gasteiger charge is 2.27. The molecule has 1 rings (SSSR count). The molecule has 0 saturated carbocycles. The number of nitrogens with zero attached hydrogens (tertiary/aromatic N) is 1. The normalized spacial score (nSPS) is 20.3. The molecule has 0 bridgehead atoms. The largest absolute Gasteiger partial charge is 0.481 e. The molecule has 6 nitrogen and oxygen atoms in total. The van der Waals surface area contributed by atoms with E-state index in [0.29, 0.717) is 19.5 Å². The Kier molecular flexibility index (Phi) is 6.48. The van der Waals surface area contributed by atoms with Crippen LogP contribution in [0.2, 0.25) is 0 Å². The van der Waals surface area contributed by atoms with Crippen molar-refractivity contribution in [2.24, 2.45) is 11.8 Å². The van der Waals surface area contributed by atoms with Crippen LogP contribution in [0.4, 0.5) is 0 Å². The van der Waals surface area contributed by atoms with Crippen LogP contribution in [0.25, 0.3) is 0 Å². The van der Waals surface area contributed by atoms with Crippen molar-refractivity contribution in [3.05, 3.63) is 0 Å². The Morgan fingerprint density at radius 1 is 1.40 bits per heavy atom. The zero-order valence-corrected chi connectivity index (χ0v) is 12.2. The molecule has 2 amide bonds. The Labute approximate surface area is 119 Å². The van der Waals surface area contributed by atoms with E-state index in [1.165, 1.54) is 6.92 Å². The highest BCUT2D eigenvalue weighted by Crippen LogP contribution is 2.17. The Hall–Kier alpha value is -1.59. The SMILES string of the molecule is CCCC(CNC(=O)C1CCCN(C(C)=O)C1)C(=O)O. The fourth-order valence-corrected chi connectivity index (χ4v) is 2.51. The predicted octanol–water partition coefficient (Wildman–Crippen LogP) is 0.862. The summed E-state index contributed by atoms with van der Waals surface area (Å²) >= 11 is 0. The van der Waals surface area contributed by atoms with Crippen molar-refractivity contribution in [1.82, 2.24) is 10.2 Å². The lowest BCUT2D eigenvalue weighted by atomic mass is 9.96. The molecular formula is C14H24N2O4. The maximum atomic E-state index is 12.1. The van der Waals surface area contributed by atoms with E-state index in [2.05, 4.69) is 5.32 Å². The molecule has 0 spiro atoms. The maximum absolute atomic E-state index is 12.1. The van der Waals surface area contributed by atoms with Crippen LogP contribution in [0.15, 0.2) is 0 Å². The molecule has 0 aromatic heterocycles. The third-order valence-corrected chi connectivity index (χ3v) is 3.75. The minimum absolute atomic E-state index is 0.0168. The number of hydrogen-bond acceptors (Lipinski definition) is 3. The topological polar surface area (TPSA) is 86.7 Å². The van der Waals surface area contributed by atoms with Crippen molar-refractivity contribution in [3.63, 3.8) is 0 Å². The second-order valence-electron chi connectivity index (χ2n) is 5.37. The lowest BCUT2D eigenvalue weighted by molar-refractivity contribution is -0.142. The molecular weight excluding hydrogens is 260 g/mol. The minimum Gasteiger partial charge on any atom is -0.481 e. The summed E-state index contributed by atoms with van der Waals surface area (Å²) in [5.74, 6) is -1.78. The van der Waals surface area contributed by atoms with Crippen LogP contribution in [-0.4, -0.2) is 47.4 Å². The summed E-state index contributed by atoms with van der Waals surface area (Å²) in [5, 5.41) is 11.8. The molecule has 0 aliphatic carbocycles. The molecule has 1 aliphatic rings. The standard InChI is InChI=1S/C14H24N2O4/c1-3-5-11(14(19)20)8-15-13(18)12-6-4-7-16(9-12)10(2)17/h11-12H,3-9H2,1-2H3,(H,15,18)(H,19,20). The summed E-state index contributed by atoms with van der Waals surface area (Å²) in [7, 11) is 0. The Morgan fingerprint density at radius 3 is 2.65 bits per heavy atom. The lowest BCUT2D eigenvalue weighted by Gasteiger charge is -2.31. The van der Waals surface area contributed by atoms with Gasteiger partial charge in [0.25, 0.3) is 0 Å². The van der Waals surface area contributed by atoms with Crippen LogP contribution in [-0.2, 0) is 14.4 Å². The fourth-order valence-electron chi connectivity index (χ4n) is 2.51. The Balaban J connectivity index is 2.45. The van der Waals surface area contributed by atoms with Gasteiger partial charge in [-0.05, 0) is 19.3 Å². The lowest BCUT2D eigenvalue weighted by Crippen LogP contribution is -2.46. The molecule has 1 heterocycles. The monoisotopic (exact) mass is 284 g/mol. The number of piperidine rings is 1. The van der Waals surface area contributed by atoms with Crippen LogP contribution >= 0.6 is 0 Å². The van der Waals surface area contributed by atoms with Gasteiger partial charge in [0.05, 0.1) is 11.8 Å². The molecule has 0 aromatic carbocycles. The van der Waals surface area contributed by atoms with Crippen molar-refractivity contribution < 1.29 is 19.5 Å². The van der Waals surface area contributed by atoms with Gasteiger partial charge in [0, 0.05) is 26.6 Å². The van der Waals surface area contributed by atoms with Crippen LogP contribution in [0.3, 0.4) is 0 Å². The van der Waals surface area contributed by atoms with E-state index in [1.54, 1.807) is 4.90 Å². The third-order valence-electron chi connectivity index (χ3n) is 3.75. The van der Waals surface area contributed by atoms with E-state index in [0.717, 1.165) is 19.3 Å². The predicted molar refractivity (Wildman–Crippen MR) is 74.0 cm³/mol. The molecule has 2 unspecified atom stereocenters. The molecule has 1 aliphatic heterocycles. The average molecular weight is 284 g/mol.